The molecule has 0 aliphatic carbocycles. The maximum Gasteiger partial charge on any atom is 0.223 e. The van der Waals surface area contributed by atoms with Crippen LogP contribution in [0, 0.1) is 13.8 Å². The number of nitrogens with zero attached hydrogens (tertiary/aromatic N) is 1. The minimum Gasteiger partial charge on any atom is -0.260 e. The van der Waals surface area contributed by atoms with Crippen molar-refractivity contribution < 1.29 is 0 Å². The summed E-state index contributed by atoms with van der Waals surface area (Å²) in [6.07, 6.45) is 1.79. The van der Waals surface area contributed by atoms with E-state index >= 15 is 0 Å². The summed E-state index contributed by atoms with van der Waals surface area (Å²) in [6.45, 7) is 3.94. The molecule has 5 heteroatoms. The molecule has 4 rings (SSSR count). The molecule has 0 radical (unpaired) electrons. The van der Waals surface area contributed by atoms with Gasteiger partial charge in [0, 0.05) is 22.1 Å². The van der Waals surface area contributed by atoms with Crippen molar-refractivity contribution in [3.63, 3.8) is 0 Å². The topological polar surface area (TPSA) is 12.9 Å². The van der Waals surface area contributed by atoms with E-state index in [0.717, 1.165) is 43.4 Å². The van der Waals surface area contributed by atoms with Crippen LogP contribution in [0.4, 0.5) is 0 Å². The van der Waals surface area contributed by atoms with Crippen molar-refractivity contribution in [2.45, 2.75) is 19.7 Å². The van der Waals surface area contributed by atoms with Gasteiger partial charge < -0.3 is 0 Å². The third-order valence-corrected chi connectivity index (χ3v) is 6.82. The number of hydrogen-bond acceptors (Lipinski definition) is 1. The molecule has 1 unspecified atom stereocenters. The number of hydrogen-bond donors (Lipinski definition) is 0. The highest BCUT2D eigenvalue weighted by Crippen LogP contribution is 2.31. The third-order valence-electron chi connectivity index (χ3n) is 5.68. The Morgan fingerprint density at radius 1 is 0.677 bits per heavy atom. The average Bonchev–Trinajstić information content (AvgIpc) is 2.77. The summed E-state index contributed by atoms with van der Waals surface area (Å²) < 4.78 is 0. The molecule has 0 aliphatic rings. The van der Waals surface area contributed by atoms with Crippen LogP contribution in [0.25, 0.3) is 0 Å². The Morgan fingerprint density at radius 2 is 1.26 bits per heavy atom. The summed E-state index contributed by atoms with van der Waals surface area (Å²) in [4.78, 5) is 4.71. The van der Waals surface area contributed by atoms with Crippen LogP contribution in [0.1, 0.15) is 28.2 Å². The van der Waals surface area contributed by atoms with Crippen LogP contribution in [0.15, 0.2) is 85.1 Å². The van der Waals surface area contributed by atoms with Gasteiger partial charge in [0.05, 0.1) is 10.7 Å². The number of rotatable bonds is 5. The van der Waals surface area contributed by atoms with Crippen LogP contribution in [0.5, 0.6) is 0 Å². The molecule has 0 aliphatic heterocycles. The highest BCUT2D eigenvalue weighted by Gasteiger charge is 2.34. The van der Waals surface area contributed by atoms with Crippen molar-refractivity contribution in [1.82, 2.24) is 4.98 Å². The van der Waals surface area contributed by atoms with Crippen molar-refractivity contribution in [2.24, 2.45) is 0 Å². The van der Waals surface area contributed by atoms with Crippen molar-refractivity contribution in [3.05, 3.63) is 123 Å². The quantitative estimate of drug-likeness (QED) is 0.302. The van der Waals surface area contributed by atoms with Gasteiger partial charge in [-0.15, -0.1) is 0 Å². The molecule has 3 aromatic carbocycles. The second-order valence-corrected chi connectivity index (χ2v) is 8.98. The van der Waals surface area contributed by atoms with Gasteiger partial charge in [-0.1, -0.05) is 100 Å². The summed E-state index contributed by atoms with van der Waals surface area (Å²) in [5, 5.41) is 2.11. The first-order valence-electron chi connectivity index (χ1n) is 10.1. The first-order valence-corrected chi connectivity index (χ1v) is 11.3. The van der Waals surface area contributed by atoms with E-state index in [-0.39, 0.29) is 12.5 Å². The summed E-state index contributed by atoms with van der Waals surface area (Å²) in [6, 6.07) is 26.5. The Morgan fingerprint density at radius 3 is 1.77 bits per heavy atom. The molecule has 0 fully saturated rings. The maximum atomic E-state index is 6.69. The third kappa shape index (κ3) is 4.67. The van der Waals surface area contributed by atoms with Crippen molar-refractivity contribution >= 4 is 52.4 Å². The summed E-state index contributed by atoms with van der Waals surface area (Å²) >= 11 is 19.8. The molecule has 1 nitrogen and oxygen atoms in total. The Bertz CT molecular complexity index is 1160. The second kappa shape index (κ2) is 9.48. The van der Waals surface area contributed by atoms with Gasteiger partial charge in [-0.2, -0.15) is 0 Å². The molecule has 0 amide bonds. The summed E-state index contributed by atoms with van der Waals surface area (Å²) in [7, 11) is 0. The molecular weight excluding hydrogens is 443 g/mol. The van der Waals surface area contributed by atoms with E-state index < -0.39 is 0 Å². The van der Waals surface area contributed by atoms with Gasteiger partial charge in [-0.3, -0.25) is 4.98 Å². The number of pyridine rings is 1. The fourth-order valence-corrected chi connectivity index (χ4v) is 4.59. The lowest BCUT2D eigenvalue weighted by atomic mass is 9.32. The largest absolute Gasteiger partial charge is 0.260 e. The number of aromatic nitrogens is 1. The van der Waals surface area contributed by atoms with E-state index in [9.17, 15) is 0 Å². The lowest BCUT2D eigenvalue weighted by Gasteiger charge is -2.27. The van der Waals surface area contributed by atoms with Gasteiger partial charge in [-0.25, -0.2) is 0 Å². The van der Waals surface area contributed by atoms with Crippen LogP contribution in [-0.2, 0) is 0 Å². The zero-order chi connectivity index (χ0) is 22.0. The molecule has 1 heterocycles. The molecule has 4 aromatic rings. The smallest absolute Gasteiger partial charge is 0.223 e. The van der Waals surface area contributed by atoms with E-state index in [1.165, 1.54) is 0 Å². The van der Waals surface area contributed by atoms with Crippen molar-refractivity contribution in [2.75, 3.05) is 0 Å². The lowest BCUT2D eigenvalue weighted by molar-refractivity contribution is 1.02. The Labute approximate surface area is 199 Å². The molecular formula is C26H21BCl3N. The highest BCUT2D eigenvalue weighted by atomic mass is 35.5. The van der Waals surface area contributed by atoms with Gasteiger partial charge >= 0.3 is 0 Å². The fraction of sp³-hybridized carbons (Fsp3) is 0.115. The SMILES string of the molecule is Cc1ccc(B(c2ccc(C)c(Cl)c2)C(c2ccccc2)c2ncccc2Cl)cc1Cl. The molecule has 31 heavy (non-hydrogen) atoms. The molecule has 0 N–H and O–H groups in total. The van der Waals surface area contributed by atoms with Crippen molar-refractivity contribution in [1.29, 1.82) is 0 Å². The Hall–Kier alpha value is -2.26. The van der Waals surface area contributed by atoms with Gasteiger partial charge in [0.25, 0.3) is 0 Å². The van der Waals surface area contributed by atoms with Gasteiger partial charge in [0.2, 0.25) is 6.71 Å². The molecule has 1 aromatic heterocycles. The number of aryl methyl sites for hydroxylation is 2. The normalized spacial score (nSPS) is 11.9. The molecule has 154 valence electrons. The predicted octanol–water partition coefficient (Wildman–Crippen LogP) is 6.64. The molecule has 0 saturated carbocycles. The number of benzene rings is 3. The number of halogens is 3. The predicted molar refractivity (Wildman–Crippen MR) is 135 cm³/mol. The van der Waals surface area contributed by atoms with Crippen molar-refractivity contribution in [3.8, 4) is 0 Å². The molecule has 1 atom stereocenters. The van der Waals surface area contributed by atoms with Gasteiger partial charge in [-0.05, 0) is 54.8 Å². The van der Waals surface area contributed by atoms with E-state index in [1.54, 1.807) is 6.20 Å². The molecule has 0 spiro atoms. The highest BCUT2D eigenvalue weighted by molar-refractivity contribution is 6.87. The van der Waals surface area contributed by atoms with Crippen LogP contribution >= 0.6 is 34.8 Å². The fourth-order valence-electron chi connectivity index (χ4n) is 3.98. The van der Waals surface area contributed by atoms with Crippen LogP contribution < -0.4 is 10.9 Å². The van der Waals surface area contributed by atoms with Gasteiger partial charge in [0.15, 0.2) is 0 Å². The summed E-state index contributed by atoms with van der Waals surface area (Å²) in [5.41, 5.74) is 6.21. The standard InChI is InChI=1S/C26H21BCl3N/c1-17-10-12-20(15-23(17)29)27(21-13-11-18(2)24(30)16-21)25(19-7-4-3-5-8-19)26-22(28)9-6-14-31-26/h3-16,25H,1-2H3. The minimum absolute atomic E-state index is 0.0778. The zero-order valence-electron chi connectivity index (χ0n) is 17.3. The lowest BCUT2D eigenvalue weighted by Crippen LogP contribution is -2.48. The molecule has 0 saturated heterocycles. The maximum absolute atomic E-state index is 6.69. The van der Waals surface area contributed by atoms with Crippen LogP contribution in [-0.4, -0.2) is 11.7 Å². The first kappa shape index (κ1) is 22.0. The molecule has 0 bridgehead atoms. The minimum atomic E-state index is -0.118. The van der Waals surface area contributed by atoms with Crippen LogP contribution in [0.2, 0.25) is 15.1 Å². The zero-order valence-corrected chi connectivity index (χ0v) is 19.6. The first-order chi connectivity index (χ1) is 15.0. The Balaban J connectivity index is 2.01. The van der Waals surface area contributed by atoms with Gasteiger partial charge in [0.1, 0.15) is 0 Å². The average molecular weight is 465 g/mol. The van der Waals surface area contributed by atoms with E-state index in [4.69, 9.17) is 39.8 Å². The second-order valence-electron chi connectivity index (χ2n) is 7.75. The van der Waals surface area contributed by atoms with E-state index in [1.807, 2.05) is 56.3 Å². The summed E-state index contributed by atoms with van der Waals surface area (Å²) in [5.74, 6) is -0.118. The van der Waals surface area contributed by atoms with E-state index in [0.29, 0.717) is 5.02 Å². The Kier molecular flexibility index (Phi) is 6.72. The van der Waals surface area contributed by atoms with E-state index in [2.05, 4.69) is 36.4 Å². The van der Waals surface area contributed by atoms with Crippen LogP contribution in [0.3, 0.4) is 0 Å². The monoisotopic (exact) mass is 463 g/mol.